The molecule has 51 heavy (non-hydrogen) atoms. The van der Waals surface area contributed by atoms with Gasteiger partial charge in [0, 0.05) is 42.5 Å². The number of methoxy groups -OCH3 is 1. The molecule has 0 atom stereocenters. The van der Waals surface area contributed by atoms with E-state index in [-0.39, 0.29) is 23.7 Å². The number of hydrogen-bond donors (Lipinski definition) is 1. The van der Waals surface area contributed by atoms with Crippen LogP contribution in [0.25, 0.3) is 16.6 Å². The quantitative estimate of drug-likeness (QED) is 0.140. The summed E-state index contributed by atoms with van der Waals surface area (Å²) < 4.78 is 48.8. The third-order valence-corrected chi connectivity index (χ3v) is 8.53. The number of anilines is 1. The van der Waals surface area contributed by atoms with E-state index in [0.29, 0.717) is 47.6 Å². The molecule has 3 heterocycles. The van der Waals surface area contributed by atoms with Gasteiger partial charge >= 0.3 is 5.69 Å². The number of fused-ring (bicyclic) bond motifs is 1. The van der Waals surface area contributed by atoms with E-state index in [1.807, 2.05) is 6.92 Å². The second-order valence-electron chi connectivity index (χ2n) is 12.1. The molecule has 3 aromatic carbocycles. The lowest BCUT2D eigenvalue weighted by atomic mass is 10.1. The Hall–Kier alpha value is -5.63. The molecule has 1 aliphatic heterocycles. The number of benzene rings is 3. The fraction of sp³-hybridized carbons (Fsp3) is 0.324. The SMILES string of the molecule is CCCCn1c(=O)c(C(=O)Nc2ccc(Oc3ccnc4cc(OC)c(OCCCN5CCCC5)cc34)c(F)c2)nn(-c2cccc(F)c2)c1=O. The van der Waals surface area contributed by atoms with Crippen molar-refractivity contribution in [3.63, 3.8) is 0 Å². The van der Waals surface area contributed by atoms with Gasteiger partial charge in [-0.15, -0.1) is 0 Å². The first-order valence-electron chi connectivity index (χ1n) is 16.9. The molecule has 12 nitrogen and oxygen atoms in total. The number of aromatic nitrogens is 4. The second-order valence-corrected chi connectivity index (χ2v) is 12.1. The maximum atomic E-state index is 15.5. The largest absolute Gasteiger partial charge is 0.493 e. The van der Waals surface area contributed by atoms with Gasteiger partial charge in [-0.2, -0.15) is 9.78 Å². The highest BCUT2D eigenvalue weighted by Gasteiger charge is 2.22. The van der Waals surface area contributed by atoms with Gasteiger partial charge in [0.2, 0.25) is 5.69 Å². The van der Waals surface area contributed by atoms with E-state index in [1.54, 1.807) is 25.3 Å². The Labute approximate surface area is 292 Å². The van der Waals surface area contributed by atoms with E-state index in [9.17, 15) is 18.8 Å². The third-order valence-electron chi connectivity index (χ3n) is 8.53. The van der Waals surface area contributed by atoms with Gasteiger partial charge in [-0.05, 0) is 81.2 Å². The summed E-state index contributed by atoms with van der Waals surface area (Å²) in [6.45, 7) is 5.57. The summed E-state index contributed by atoms with van der Waals surface area (Å²) in [5.41, 5.74) is -1.77. The van der Waals surface area contributed by atoms with Crippen LogP contribution in [0.15, 0.2) is 76.4 Å². The van der Waals surface area contributed by atoms with Crippen molar-refractivity contribution in [1.82, 2.24) is 24.2 Å². The van der Waals surface area contributed by atoms with Gasteiger partial charge in [-0.25, -0.2) is 13.6 Å². The monoisotopic (exact) mass is 700 g/mol. The van der Waals surface area contributed by atoms with Crippen molar-refractivity contribution in [2.24, 2.45) is 0 Å². The van der Waals surface area contributed by atoms with Crippen LogP contribution < -0.4 is 30.8 Å². The van der Waals surface area contributed by atoms with Crippen molar-refractivity contribution >= 4 is 22.5 Å². The summed E-state index contributed by atoms with van der Waals surface area (Å²) in [6, 6.07) is 13.9. The summed E-state index contributed by atoms with van der Waals surface area (Å²) in [6.07, 6.45) is 5.98. The van der Waals surface area contributed by atoms with Gasteiger partial charge in [0.25, 0.3) is 11.5 Å². The second kappa shape index (κ2) is 15.9. The van der Waals surface area contributed by atoms with Gasteiger partial charge in [-0.1, -0.05) is 19.4 Å². The van der Waals surface area contributed by atoms with Gasteiger partial charge < -0.3 is 24.4 Å². The number of likely N-dealkylation sites (tertiary alicyclic amines) is 1. The molecule has 1 fully saturated rings. The lowest BCUT2D eigenvalue weighted by Gasteiger charge is -2.16. The summed E-state index contributed by atoms with van der Waals surface area (Å²) in [7, 11) is 1.55. The number of halogens is 2. The number of ether oxygens (including phenoxy) is 3. The van der Waals surface area contributed by atoms with Crippen molar-refractivity contribution in [2.75, 3.05) is 38.7 Å². The first-order valence-corrected chi connectivity index (χ1v) is 16.9. The van der Waals surface area contributed by atoms with Gasteiger partial charge in [0.15, 0.2) is 23.1 Å². The molecule has 1 N–H and O–H groups in total. The van der Waals surface area contributed by atoms with Crippen molar-refractivity contribution in [2.45, 2.75) is 45.6 Å². The summed E-state index contributed by atoms with van der Waals surface area (Å²) >= 11 is 0. The molecule has 6 rings (SSSR count). The first kappa shape index (κ1) is 35.2. The van der Waals surface area contributed by atoms with Crippen LogP contribution in [0.3, 0.4) is 0 Å². The van der Waals surface area contributed by atoms with Crippen LogP contribution in [-0.2, 0) is 6.54 Å². The summed E-state index contributed by atoms with van der Waals surface area (Å²) in [4.78, 5) is 46.5. The highest BCUT2D eigenvalue weighted by atomic mass is 19.1. The van der Waals surface area contributed by atoms with Crippen molar-refractivity contribution < 1.29 is 27.8 Å². The average Bonchev–Trinajstić information content (AvgIpc) is 3.65. The predicted octanol–water partition coefficient (Wildman–Crippen LogP) is 5.94. The highest BCUT2D eigenvalue weighted by Crippen LogP contribution is 2.38. The van der Waals surface area contributed by atoms with E-state index >= 15 is 4.39 Å². The van der Waals surface area contributed by atoms with Crippen LogP contribution in [0.4, 0.5) is 14.5 Å². The molecular formula is C37H38F2N6O6. The molecule has 0 spiro atoms. The molecule has 5 aromatic rings. The Morgan fingerprint density at radius 2 is 1.75 bits per heavy atom. The predicted molar refractivity (Wildman–Crippen MR) is 187 cm³/mol. The molecule has 0 aliphatic carbocycles. The molecule has 0 saturated carbocycles. The molecule has 266 valence electrons. The van der Waals surface area contributed by atoms with E-state index in [4.69, 9.17) is 14.2 Å². The van der Waals surface area contributed by atoms with E-state index in [0.717, 1.165) is 47.4 Å². The van der Waals surface area contributed by atoms with Crippen molar-refractivity contribution in [1.29, 1.82) is 0 Å². The molecule has 14 heteroatoms. The van der Waals surface area contributed by atoms with Crippen LogP contribution >= 0.6 is 0 Å². The van der Waals surface area contributed by atoms with E-state index < -0.39 is 34.5 Å². The molecule has 1 aliphatic rings. The number of nitrogens with one attached hydrogen (secondary N) is 1. The fourth-order valence-electron chi connectivity index (χ4n) is 5.88. The standard InChI is InChI=1S/C37H38F2N6O6/c1-3-4-18-44-36(47)34(42-45(37(44)48)26-10-7-9-24(38)20-26)35(46)41-25-11-12-31(28(39)21-25)51-30-13-14-40-29-23-32(49-2)33(22-27(29)30)50-19-8-17-43-15-5-6-16-43/h7,9-14,20-23H,3-6,8,15-19H2,1-2H3,(H,41,46). The van der Waals surface area contributed by atoms with Crippen molar-refractivity contribution in [3.8, 4) is 28.7 Å². The Bertz CT molecular complexity index is 2160. The minimum atomic E-state index is -0.981. The molecule has 1 saturated heterocycles. The molecule has 0 unspecified atom stereocenters. The number of pyridine rings is 1. The number of nitrogens with zero attached hydrogens (tertiary/aromatic N) is 5. The van der Waals surface area contributed by atoms with Crippen LogP contribution in [0.2, 0.25) is 0 Å². The zero-order valence-electron chi connectivity index (χ0n) is 28.4. The molecule has 0 bridgehead atoms. The highest BCUT2D eigenvalue weighted by molar-refractivity contribution is 6.02. The van der Waals surface area contributed by atoms with E-state index in [2.05, 4.69) is 20.3 Å². The number of amides is 1. The van der Waals surface area contributed by atoms with Crippen LogP contribution in [-0.4, -0.2) is 63.5 Å². The molecule has 0 radical (unpaired) electrons. The number of rotatable bonds is 14. The molecular weight excluding hydrogens is 662 g/mol. The minimum Gasteiger partial charge on any atom is -0.493 e. The molecule has 1 amide bonds. The van der Waals surface area contributed by atoms with Crippen LogP contribution in [0, 0.1) is 11.6 Å². The Kier molecular flexibility index (Phi) is 11.0. The van der Waals surface area contributed by atoms with Crippen molar-refractivity contribution in [3.05, 3.63) is 105 Å². The van der Waals surface area contributed by atoms with E-state index in [1.165, 1.54) is 49.4 Å². The van der Waals surface area contributed by atoms with Crippen LogP contribution in [0.1, 0.15) is 49.5 Å². The number of carbonyl (C=O) groups excluding carboxylic acids is 1. The number of unbranched alkanes of at least 4 members (excludes halogenated alkanes) is 1. The molecule has 2 aromatic heterocycles. The zero-order chi connectivity index (χ0) is 35.9. The summed E-state index contributed by atoms with van der Waals surface area (Å²) in [5.74, 6) is -1.21. The lowest BCUT2D eigenvalue weighted by molar-refractivity contribution is 0.101. The topological polar surface area (TPSA) is 130 Å². The normalized spacial score (nSPS) is 13.0. The Balaban J connectivity index is 1.22. The summed E-state index contributed by atoms with van der Waals surface area (Å²) in [5, 5.41) is 7.03. The van der Waals surface area contributed by atoms with Gasteiger partial charge in [-0.3, -0.25) is 19.1 Å². The van der Waals surface area contributed by atoms with Gasteiger partial charge in [0.05, 0.1) is 24.9 Å². The Morgan fingerprint density at radius 3 is 2.49 bits per heavy atom. The average molecular weight is 701 g/mol. The lowest BCUT2D eigenvalue weighted by Crippen LogP contribution is -2.45. The van der Waals surface area contributed by atoms with Gasteiger partial charge in [0.1, 0.15) is 11.6 Å². The third kappa shape index (κ3) is 8.07. The first-order chi connectivity index (χ1) is 24.7. The minimum absolute atomic E-state index is 0.00334. The fourth-order valence-corrected chi connectivity index (χ4v) is 5.88. The maximum Gasteiger partial charge on any atom is 0.352 e. The zero-order valence-corrected chi connectivity index (χ0v) is 28.4. The maximum absolute atomic E-state index is 15.5. The van der Waals surface area contributed by atoms with Crippen LogP contribution in [0.5, 0.6) is 23.0 Å². The number of hydrogen-bond acceptors (Lipinski definition) is 9. The Morgan fingerprint density at radius 1 is 0.922 bits per heavy atom. The number of carbonyl (C=O) groups is 1. The smallest absolute Gasteiger partial charge is 0.352 e.